The first-order chi connectivity index (χ1) is 10.2. The lowest BCUT2D eigenvalue weighted by Gasteiger charge is -2.13. The number of nitrogens with two attached hydrogens (primary N) is 1. The van der Waals surface area contributed by atoms with Gasteiger partial charge in [-0.3, -0.25) is 0 Å². The summed E-state index contributed by atoms with van der Waals surface area (Å²) in [5, 5.41) is 15.2. The van der Waals surface area contributed by atoms with E-state index in [4.69, 9.17) is 15.7 Å². The van der Waals surface area contributed by atoms with Crippen LogP contribution in [0.5, 0.6) is 5.75 Å². The van der Waals surface area contributed by atoms with Gasteiger partial charge in [-0.15, -0.1) is 0 Å². The number of aryl methyl sites for hydroxylation is 1. The first-order valence-corrected chi connectivity index (χ1v) is 6.60. The van der Waals surface area contributed by atoms with E-state index in [2.05, 4.69) is 10.5 Å². The number of methoxy groups -OCH3 is 1. The predicted molar refractivity (Wildman–Crippen MR) is 84.0 cm³/mol. The molecule has 5 heteroatoms. The van der Waals surface area contributed by atoms with Gasteiger partial charge < -0.3 is 21.0 Å². The molecule has 0 spiro atoms. The molecule has 2 aromatic rings. The maximum atomic E-state index is 8.83. The van der Waals surface area contributed by atoms with E-state index in [1.54, 1.807) is 7.11 Å². The molecule has 4 N–H and O–H groups in total. The third-order valence-electron chi connectivity index (χ3n) is 3.30. The van der Waals surface area contributed by atoms with Crippen LogP contribution < -0.4 is 15.8 Å². The van der Waals surface area contributed by atoms with Crippen LogP contribution in [0.15, 0.2) is 47.6 Å². The number of oxime groups is 1. The number of nitrogens with zero attached hydrogens (tertiary/aromatic N) is 1. The highest BCUT2D eigenvalue weighted by Gasteiger charge is 2.07. The largest absolute Gasteiger partial charge is 0.497 e. The van der Waals surface area contributed by atoms with Crippen molar-refractivity contribution in [2.75, 3.05) is 12.4 Å². The van der Waals surface area contributed by atoms with Gasteiger partial charge in [0.25, 0.3) is 0 Å². The maximum absolute atomic E-state index is 8.83. The van der Waals surface area contributed by atoms with Crippen molar-refractivity contribution in [3.05, 3.63) is 59.2 Å². The molecule has 0 bridgehead atoms. The second-order valence-corrected chi connectivity index (χ2v) is 4.68. The van der Waals surface area contributed by atoms with Crippen LogP contribution in [0.25, 0.3) is 0 Å². The standard InChI is InChI=1S/C16H19N3O2/c1-11-9-13(21-2)7-8-15(11)18-10-12-5-3-4-6-14(12)16(17)19-20/h3-9,18,20H,10H2,1-2H3,(H2,17,19). The molecule has 0 amide bonds. The second-order valence-electron chi connectivity index (χ2n) is 4.68. The molecule has 0 aliphatic carbocycles. The van der Waals surface area contributed by atoms with Crippen LogP contribution >= 0.6 is 0 Å². The Hall–Kier alpha value is -2.69. The summed E-state index contributed by atoms with van der Waals surface area (Å²) in [7, 11) is 1.65. The zero-order chi connectivity index (χ0) is 15.2. The van der Waals surface area contributed by atoms with E-state index < -0.39 is 0 Å². The second kappa shape index (κ2) is 6.65. The number of hydrogen-bond acceptors (Lipinski definition) is 4. The monoisotopic (exact) mass is 285 g/mol. The highest BCUT2D eigenvalue weighted by atomic mass is 16.5. The van der Waals surface area contributed by atoms with Crippen LogP contribution in [-0.2, 0) is 6.54 Å². The van der Waals surface area contributed by atoms with Crippen LogP contribution in [-0.4, -0.2) is 18.2 Å². The van der Waals surface area contributed by atoms with Crippen LogP contribution in [0.4, 0.5) is 5.69 Å². The number of ether oxygens (including phenoxy) is 1. The molecule has 0 aromatic heterocycles. The SMILES string of the molecule is COc1ccc(NCc2ccccc2C(N)=NO)c(C)c1. The minimum Gasteiger partial charge on any atom is -0.497 e. The Morgan fingerprint density at radius 3 is 2.71 bits per heavy atom. The Morgan fingerprint density at radius 2 is 2.05 bits per heavy atom. The van der Waals surface area contributed by atoms with Crippen molar-refractivity contribution in [2.24, 2.45) is 10.9 Å². The van der Waals surface area contributed by atoms with Crippen LogP contribution in [0, 0.1) is 6.92 Å². The average molecular weight is 285 g/mol. The molecule has 2 aromatic carbocycles. The summed E-state index contributed by atoms with van der Waals surface area (Å²) in [6.07, 6.45) is 0. The van der Waals surface area contributed by atoms with E-state index in [-0.39, 0.29) is 5.84 Å². The third kappa shape index (κ3) is 3.45. The zero-order valence-corrected chi connectivity index (χ0v) is 12.1. The Morgan fingerprint density at radius 1 is 1.29 bits per heavy atom. The van der Waals surface area contributed by atoms with Crippen molar-refractivity contribution >= 4 is 11.5 Å². The summed E-state index contributed by atoms with van der Waals surface area (Å²) in [5.41, 5.74) is 9.48. The lowest BCUT2D eigenvalue weighted by molar-refractivity contribution is 0.318. The van der Waals surface area contributed by atoms with E-state index in [1.807, 2.05) is 49.4 Å². The minimum absolute atomic E-state index is 0.110. The molecule has 0 aliphatic rings. The van der Waals surface area contributed by atoms with Gasteiger partial charge in [-0.2, -0.15) is 0 Å². The number of rotatable bonds is 5. The first-order valence-electron chi connectivity index (χ1n) is 6.60. The summed E-state index contributed by atoms with van der Waals surface area (Å²) < 4.78 is 5.19. The minimum atomic E-state index is 0.110. The summed E-state index contributed by atoms with van der Waals surface area (Å²) in [6.45, 7) is 2.60. The number of anilines is 1. The van der Waals surface area contributed by atoms with E-state index in [9.17, 15) is 0 Å². The maximum Gasteiger partial charge on any atom is 0.170 e. The molecule has 0 heterocycles. The molecule has 21 heavy (non-hydrogen) atoms. The smallest absolute Gasteiger partial charge is 0.170 e. The quantitative estimate of drug-likeness (QED) is 0.341. The fourth-order valence-corrected chi connectivity index (χ4v) is 2.13. The van der Waals surface area contributed by atoms with Gasteiger partial charge in [0, 0.05) is 17.8 Å². The molecular formula is C16H19N3O2. The number of amidine groups is 1. The molecule has 0 atom stereocenters. The molecule has 0 saturated carbocycles. The molecule has 2 rings (SSSR count). The number of benzene rings is 2. The average Bonchev–Trinajstić information content (AvgIpc) is 2.53. The summed E-state index contributed by atoms with van der Waals surface area (Å²) in [4.78, 5) is 0. The van der Waals surface area contributed by atoms with Gasteiger partial charge in [0.1, 0.15) is 5.75 Å². The van der Waals surface area contributed by atoms with Gasteiger partial charge in [0.2, 0.25) is 0 Å². The first kappa shape index (κ1) is 14.7. The lowest BCUT2D eigenvalue weighted by Crippen LogP contribution is -2.16. The lowest BCUT2D eigenvalue weighted by atomic mass is 10.1. The van der Waals surface area contributed by atoms with Crippen LogP contribution in [0.2, 0.25) is 0 Å². The fourth-order valence-electron chi connectivity index (χ4n) is 2.13. The van der Waals surface area contributed by atoms with Gasteiger partial charge >= 0.3 is 0 Å². The van der Waals surface area contributed by atoms with Crippen LogP contribution in [0.3, 0.4) is 0 Å². The number of nitrogens with one attached hydrogen (secondary N) is 1. The molecule has 0 radical (unpaired) electrons. The summed E-state index contributed by atoms with van der Waals surface area (Å²) >= 11 is 0. The van der Waals surface area contributed by atoms with Crippen molar-refractivity contribution in [1.29, 1.82) is 0 Å². The van der Waals surface area contributed by atoms with Gasteiger partial charge in [-0.1, -0.05) is 29.4 Å². The van der Waals surface area contributed by atoms with Crippen molar-refractivity contribution < 1.29 is 9.94 Å². The van der Waals surface area contributed by atoms with Gasteiger partial charge in [-0.05, 0) is 36.2 Å². The third-order valence-corrected chi connectivity index (χ3v) is 3.30. The van der Waals surface area contributed by atoms with Crippen LogP contribution in [0.1, 0.15) is 16.7 Å². The Balaban J connectivity index is 2.17. The van der Waals surface area contributed by atoms with Gasteiger partial charge in [0.05, 0.1) is 7.11 Å². The van der Waals surface area contributed by atoms with E-state index in [1.165, 1.54) is 0 Å². The zero-order valence-electron chi connectivity index (χ0n) is 12.1. The predicted octanol–water partition coefficient (Wildman–Crippen LogP) is 2.71. The van der Waals surface area contributed by atoms with E-state index >= 15 is 0 Å². The fraction of sp³-hybridized carbons (Fsp3) is 0.188. The molecule has 0 saturated heterocycles. The number of hydrogen-bond donors (Lipinski definition) is 3. The topological polar surface area (TPSA) is 79.9 Å². The highest BCUT2D eigenvalue weighted by Crippen LogP contribution is 2.22. The molecule has 110 valence electrons. The molecule has 0 unspecified atom stereocenters. The van der Waals surface area contributed by atoms with Crippen molar-refractivity contribution in [1.82, 2.24) is 0 Å². The van der Waals surface area contributed by atoms with E-state index in [0.29, 0.717) is 6.54 Å². The highest BCUT2D eigenvalue weighted by molar-refractivity contribution is 5.98. The van der Waals surface area contributed by atoms with Gasteiger partial charge in [0.15, 0.2) is 5.84 Å². The van der Waals surface area contributed by atoms with Gasteiger partial charge in [-0.25, -0.2) is 0 Å². The Labute approximate surface area is 124 Å². The van der Waals surface area contributed by atoms with Crippen molar-refractivity contribution in [2.45, 2.75) is 13.5 Å². The Bertz CT molecular complexity index is 654. The molecule has 0 fully saturated rings. The summed E-state index contributed by atoms with van der Waals surface area (Å²) in [5.74, 6) is 0.939. The molecule has 5 nitrogen and oxygen atoms in total. The summed E-state index contributed by atoms with van der Waals surface area (Å²) in [6, 6.07) is 13.4. The van der Waals surface area contributed by atoms with Crippen molar-refractivity contribution in [3.63, 3.8) is 0 Å². The normalized spacial score (nSPS) is 11.2. The Kier molecular flexibility index (Phi) is 4.66. The molecular weight excluding hydrogens is 266 g/mol. The van der Waals surface area contributed by atoms with Crippen molar-refractivity contribution in [3.8, 4) is 5.75 Å². The molecule has 0 aliphatic heterocycles. The van der Waals surface area contributed by atoms with E-state index in [0.717, 1.165) is 28.1 Å².